The Morgan fingerprint density at radius 3 is 1.91 bits per heavy atom. The summed E-state index contributed by atoms with van der Waals surface area (Å²) in [7, 11) is 1.96. The molecule has 0 aliphatic carbocycles. The van der Waals surface area contributed by atoms with Gasteiger partial charge in [0.1, 0.15) is 0 Å². The molecule has 2 aromatic carbocycles. The second-order valence-electron chi connectivity index (χ2n) is 6.18. The average Bonchev–Trinajstić information content (AvgIpc) is 2.64. The van der Waals surface area contributed by atoms with Gasteiger partial charge in [0.25, 0.3) is 0 Å². The summed E-state index contributed by atoms with van der Waals surface area (Å²) in [4.78, 5) is 15.2. The molecule has 1 heterocycles. The molecule has 1 N–H and O–H groups in total. The molecular weight excluding hydrogens is 284 g/mol. The molecule has 23 heavy (non-hydrogen) atoms. The number of piperidine rings is 1. The van der Waals surface area contributed by atoms with E-state index in [1.165, 1.54) is 0 Å². The number of nitrogens with one attached hydrogen (secondary N) is 1. The molecule has 0 bridgehead atoms. The number of amides is 1. The van der Waals surface area contributed by atoms with Gasteiger partial charge in [-0.2, -0.15) is 0 Å². The minimum absolute atomic E-state index is 0.189. The predicted molar refractivity (Wildman–Crippen MR) is 93.4 cm³/mol. The van der Waals surface area contributed by atoms with Crippen molar-refractivity contribution in [2.24, 2.45) is 0 Å². The van der Waals surface area contributed by atoms with E-state index in [1.54, 1.807) is 0 Å². The minimum atomic E-state index is -0.225. The van der Waals surface area contributed by atoms with Gasteiger partial charge in [-0.25, -0.2) is 0 Å². The summed E-state index contributed by atoms with van der Waals surface area (Å²) in [6, 6.07) is 20.5. The maximum Gasteiger partial charge on any atom is 0.234 e. The molecule has 0 spiro atoms. The van der Waals surface area contributed by atoms with Crippen LogP contribution in [0, 0.1) is 0 Å². The van der Waals surface area contributed by atoms with Crippen LogP contribution in [0.2, 0.25) is 0 Å². The number of hydrogen-bond acceptors (Lipinski definition) is 2. The van der Waals surface area contributed by atoms with Gasteiger partial charge < -0.3 is 10.2 Å². The third-order valence-electron chi connectivity index (χ3n) is 4.72. The number of likely N-dealkylation sites (N-methyl/N-ethyl adjacent to an activating group) is 1. The number of carbonyl (C=O) groups is 1. The molecule has 3 rings (SSSR count). The van der Waals surface area contributed by atoms with Crippen LogP contribution in [-0.4, -0.2) is 37.0 Å². The molecule has 0 radical (unpaired) electrons. The van der Waals surface area contributed by atoms with E-state index in [0.29, 0.717) is 6.04 Å². The molecule has 0 unspecified atom stereocenters. The lowest BCUT2D eigenvalue weighted by Gasteiger charge is -2.34. The first kappa shape index (κ1) is 15.8. The molecule has 2 aromatic rings. The molecule has 3 nitrogen and oxygen atoms in total. The summed E-state index contributed by atoms with van der Waals surface area (Å²) >= 11 is 0. The van der Waals surface area contributed by atoms with Crippen molar-refractivity contribution in [3.63, 3.8) is 0 Å². The lowest BCUT2D eigenvalue weighted by Crippen LogP contribution is -2.45. The van der Waals surface area contributed by atoms with Gasteiger partial charge in [0.05, 0.1) is 5.92 Å². The highest BCUT2D eigenvalue weighted by Crippen LogP contribution is 2.28. The fourth-order valence-corrected chi connectivity index (χ4v) is 3.35. The standard InChI is InChI=1S/C20H24N2O/c1-22(18-12-14-21-15-13-18)20(23)19(16-8-4-2-5-9-16)17-10-6-3-7-11-17/h2-11,18-19,21H,12-15H2,1H3. The first-order valence-corrected chi connectivity index (χ1v) is 8.34. The quantitative estimate of drug-likeness (QED) is 0.941. The van der Waals surface area contributed by atoms with Crippen LogP contribution in [0.4, 0.5) is 0 Å². The second kappa shape index (κ2) is 7.42. The summed E-state index contributed by atoms with van der Waals surface area (Å²) in [5.74, 6) is -0.0356. The van der Waals surface area contributed by atoms with Gasteiger partial charge in [-0.15, -0.1) is 0 Å². The van der Waals surface area contributed by atoms with Crippen molar-refractivity contribution in [3.8, 4) is 0 Å². The van der Waals surface area contributed by atoms with E-state index < -0.39 is 0 Å². The molecule has 0 saturated carbocycles. The van der Waals surface area contributed by atoms with Gasteiger partial charge >= 0.3 is 0 Å². The smallest absolute Gasteiger partial charge is 0.234 e. The Hall–Kier alpha value is -2.13. The highest BCUT2D eigenvalue weighted by molar-refractivity contribution is 5.87. The topological polar surface area (TPSA) is 32.3 Å². The Kier molecular flexibility index (Phi) is 5.09. The van der Waals surface area contributed by atoms with Crippen LogP contribution in [0.5, 0.6) is 0 Å². The van der Waals surface area contributed by atoms with E-state index >= 15 is 0 Å². The molecule has 3 heteroatoms. The largest absolute Gasteiger partial charge is 0.342 e. The molecular formula is C20H24N2O. The van der Waals surface area contributed by atoms with Crippen LogP contribution >= 0.6 is 0 Å². The fraction of sp³-hybridized carbons (Fsp3) is 0.350. The fourth-order valence-electron chi connectivity index (χ4n) is 3.35. The minimum Gasteiger partial charge on any atom is -0.342 e. The summed E-state index contributed by atoms with van der Waals surface area (Å²) in [6.45, 7) is 1.98. The average molecular weight is 308 g/mol. The highest BCUT2D eigenvalue weighted by Gasteiger charge is 2.29. The number of benzene rings is 2. The number of carbonyl (C=O) groups excluding carboxylic acids is 1. The van der Waals surface area contributed by atoms with E-state index in [4.69, 9.17) is 0 Å². The second-order valence-corrected chi connectivity index (χ2v) is 6.18. The monoisotopic (exact) mass is 308 g/mol. The van der Waals surface area contributed by atoms with Crippen molar-refractivity contribution in [2.75, 3.05) is 20.1 Å². The maximum atomic E-state index is 13.2. The molecule has 120 valence electrons. The number of nitrogens with zero attached hydrogens (tertiary/aromatic N) is 1. The summed E-state index contributed by atoms with van der Waals surface area (Å²) in [5, 5.41) is 3.36. The third kappa shape index (κ3) is 3.62. The SMILES string of the molecule is CN(C(=O)C(c1ccccc1)c1ccccc1)C1CCNCC1. The first-order valence-electron chi connectivity index (χ1n) is 8.34. The Labute approximate surface area is 138 Å². The lowest BCUT2D eigenvalue weighted by atomic mass is 9.89. The lowest BCUT2D eigenvalue weighted by molar-refractivity contribution is -0.133. The van der Waals surface area contributed by atoms with Crippen molar-refractivity contribution in [2.45, 2.75) is 24.8 Å². The van der Waals surface area contributed by atoms with E-state index in [0.717, 1.165) is 37.1 Å². The van der Waals surface area contributed by atoms with E-state index in [-0.39, 0.29) is 11.8 Å². The van der Waals surface area contributed by atoms with Crippen LogP contribution < -0.4 is 5.32 Å². The predicted octanol–water partition coefficient (Wildman–Crippen LogP) is 3.03. The zero-order chi connectivity index (χ0) is 16.1. The van der Waals surface area contributed by atoms with E-state index in [9.17, 15) is 4.79 Å². The molecule has 1 fully saturated rings. The summed E-state index contributed by atoms with van der Waals surface area (Å²) < 4.78 is 0. The maximum absolute atomic E-state index is 13.2. The molecule has 0 atom stereocenters. The molecule has 0 aromatic heterocycles. The van der Waals surface area contributed by atoms with Gasteiger partial charge in [0.15, 0.2) is 0 Å². The third-order valence-corrected chi connectivity index (χ3v) is 4.72. The zero-order valence-electron chi connectivity index (χ0n) is 13.6. The molecule has 1 saturated heterocycles. The van der Waals surface area contributed by atoms with Crippen molar-refractivity contribution >= 4 is 5.91 Å². The zero-order valence-corrected chi connectivity index (χ0v) is 13.6. The van der Waals surface area contributed by atoms with Crippen LogP contribution in [0.1, 0.15) is 29.9 Å². The van der Waals surface area contributed by atoms with Crippen LogP contribution in [0.25, 0.3) is 0 Å². The number of rotatable bonds is 4. The van der Waals surface area contributed by atoms with Crippen molar-refractivity contribution < 1.29 is 4.79 Å². The first-order chi connectivity index (χ1) is 11.3. The Morgan fingerprint density at radius 1 is 0.957 bits per heavy atom. The molecule has 1 aliphatic rings. The van der Waals surface area contributed by atoms with E-state index in [2.05, 4.69) is 5.32 Å². The van der Waals surface area contributed by atoms with Gasteiger partial charge in [-0.1, -0.05) is 60.7 Å². The van der Waals surface area contributed by atoms with Crippen LogP contribution in [0.15, 0.2) is 60.7 Å². The molecule has 1 aliphatic heterocycles. The van der Waals surface area contributed by atoms with Gasteiger partial charge in [0.2, 0.25) is 5.91 Å². The Morgan fingerprint density at radius 2 is 1.43 bits per heavy atom. The summed E-state index contributed by atoms with van der Waals surface area (Å²) in [6.07, 6.45) is 2.05. The van der Waals surface area contributed by atoms with Crippen LogP contribution in [0.3, 0.4) is 0 Å². The van der Waals surface area contributed by atoms with Gasteiger partial charge in [-0.05, 0) is 37.1 Å². The van der Waals surface area contributed by atoms with Crippen molar-refractivity contribution in [1.82, 2.24) is 10.2 Å². The van der Waals surface area contributed by atoms with Gasteiger partial charge in [0, 0.05) is 13.1 Å². The van der Waals surface area contributed by atoms with Crippen molar-refractivity contribution in [1.29, 1.82) is 0 Å². The van der Waals surface area contributed by atoms with Crippen LogP contribution in [-0.2, 0) is 4.79 Å². The van der Waals surface area contributed by atoms with Crippen molar-refractivity contribution in [3.05, 3.63) is 71.8 Å². The Balaban J connectivity index is 1.90. The Bertz CT molecular complexity index is 581. The molecule has 1 amide bonds. The summed E-state index contributed by atoms with van der Waals surface area (Å²) in [5.41, 5.74) is 2.12. The normalized spacial score (nSPS) is 15.6. The van der Waals surface area contributed by atoms with E-state index in [1.807, 2.05) is 72.6 Å². The highest BCUT2D eigenvalue weighted by atomic mass is 16.2. The van der Waals surface area contributed by atoms with Gasteiger partial charge in [-0.3, -0.25) is 4.79 Å². The number of hydrogen-bond donors (Lipinski definition) is 1.